The molecule has 1 heterocycles. The molecule has 0 amide bonds. The lowest BCUT2D eigenvalue weighted by molar-refractivity contribution is 1.18. The maximum atomic E-state index is 4.23. The topological polar surface area (TPSA) is 50.2 Å². The number of hydrogen-bond acceptors (Lipinski definition) is 4. The van der Waals surface area contributed by atoms with Gasteiger partial charge >= 0.3 is 0 Å². The minimum Gasteiger partial charge on any atom is -0.379 e. The van der Waals surface area contributed by atoms with Crippen LogP contribution in [-0.2, 0) is 0 Å². The van der Waals surface area contributed by atoms with Gasteiger partial charge in [0.2, 0.25) is 0 Å². The third-order valence-electron chi connectivity index (χ3n) is 2.19. The van der Waals surface area contributed by atoms with Gasteiger partial charge in [0.1, 0.15) is 0 Å². The van der Waals surface area contributed by atoms with Gasteiger partial charge in [0.25, 0.3) is 0 Å². The van der Waals surface area contributed by atoms with Gasteiger partial charge in [0, 0.05) is 18.1 Å². The summed E-state index contributed by atoms with van der Waals surface area (Å²) in [5, 5.41) is 3.19. The van der Waals surface area contributed by atoms with Crippen LogP contribution in [0.3, 0.4) is 0 Å². The summed E-state index contributed by atoms with van der Waals surface area (Å²) in [4.78, 5) is 12.2. The summed E-state index contributed by atoms with van der Waals surface area (Å²) < 4.78 is 0. The molecule has 2 aromatic rings. The van der Waals surface area contributed by atoms with Crippen LogP contribution in [0, 0.1) is 0 Å². The molecule has 0 atom stereocenters. The molecule has 0 bridgehead atoms. The summed E-state index contributed by atoms with van der Waals surface area (Å²) in [6, 6.07) is 5.82. The molecule has 1 N–H and O–H groups in total. The summed E-state index contributed by atoms with van der Waals surface area (Å²) in [6.07, 6.45) is 3.36. The fourth-order valence-corrected chi connectivity index (χ4v) is 1.33. The summed E-state index contributed by atoms with van der Waals surface area (Å²) in [5.74, 6) is 0. The van der Waals surface area contributed by atoms with Crippen LogP contribution in [0.4, 0.5) is 5.69 Å². The Hall–Kier alpha value is -2.23. The highest BCUT2D eigenvalue weighted by molar-refractivity contribution is 5.78. The van der Waals surface area contributed by atoms with Crippen molar-refractivity contribution in [3.63, 3.8) is 0 Å². The summed E-state index contributed by atoms with van der Waals surface area (Å²) >= 11 is 0. The van der Waals surface area contributed by atoms with E-state index in [1.807, 2.05) is 18.2 Å². The highest BCUT2D eigenvalue weighted by Gasteiger charge is 1.97. The number of nitrogens with one attached hydrogen (secondary N) is 1. The Labute approximate surface area is 93.8 Å². The molecule has 0 aliphatic heterocycles. The molecule has 16 heavy (non-hydrogen) atoms. The van der Waals surface area contributed by atoms with Gasteiger partial charge in [-0.15, -0.1) is 0 Å². The van der Waals surface area contributed by atoms with Gasteiger partial charge in [0.05, 0.1) is 23.3 Å². The van der Waals surface area contributed by atoms with E-state index in [4.69, 9.17) is 0 Å². The fraction of sp³-hybridized carbons (Fsp3) is 0.0833. The van der Waals surface area contributed by atoms with Crippen LogP contribution in [0.2, 0.25) is 0 Å². The van der Waals surface area contributed by atoms with Crippen molar-refractivity contribution in [3.8, 4) is 0 Å². The summed E-state index contributed by atoms with van der Waals surface area (Å²) in [7, 11) is 0. The molecule has 0 spiro atoms. The zero-order valence-electron chi connectivity index (χ0n) is 8.85. The Morgan fingerprint density at radius 1 is 1.25 bits per heavy atom. The number of nitrogens with zero attached hydrogens (tertiary/aromatic N) is 3. The average molecular weight is 212 g/mol. The molecule has 0 saturated carbocycles. The van der Waals surface area contributed by atoms with Gasteiger partial charge in [-0.05, 0) is 24.9 Å². The molecule has 2 rings (SSSR count). The number of aromatic nitrogens is 2. The minimum atomic E-state index is 0.579. The van der Waals surface area contributed by atoms with E-state index in [9.17, 15) is 0 Å². The van der Waals surface area contributed by atoms with Gasteiger partial charge in [-0.2, -0.15) is 0 Å². The van der Waals surface area contributed by atoms with Crippen LogP contribution < -0.4 is 5.32 Å². The van der Waals surface area contributed by atoms with Crippen molar-refractivity contribution in [2.24, 2.45) is 4.99 Å². The van der Waals surface area contributed by atoms with E-state index >= 15 is 0 Å². The van der Waals surface area contributed by atoms with Crippen molar-refractivity contribution >= 4 is 23.4 Å². The van der Waals surface area contributed by atoms with Crippen molar-refractivity contribution in [3.05, 3.63) is 42.9 Å². The molecule has 4 heteroatoms. The molecule has 0 fully saturated rings. The number of rotatable bonds is 4. The van der Waals surface area contributed by atoms with Crippen LogP contribution in [0.15, 0.2) is 47.9 Å². The maximum absolute atomic E-state index is 4.23. The van der Waals surface area contributed by atoms with Gasteiger partial charge in [-0.1, -0.05) is 6.58 Å². The van der Waals surface area contributed by atoms with E-state index < -0.39 is 0 Å². The van der Waals surface area contributed by atoms with E-state index in [0.717, 1.165) is 16.7 Å². The molecule has 0 aliphatic rings. The summed E-state index contributed by atoms with van der Waals surface area (Å²) in [6.45, 7) is 7.72. The van der Waals surface area contributed by atoms with Crippen LogP contribution in [0.1, 0.15) is 0 Å². The number of hydrogen-bond donors (Lipinski definition) is 1. The number of fused-ring (bicyclic) bond motifs is 1. The average Bonchev–Trinajstić information content (AvgIpc) is 2.35. The molecule has 0 unspecified atom stereocenters. The van der Waals surface area contributed by atoms with Crippen molar-refractivity contribution in [1.82, 2.24) is 9.97 Å². The Kier molecular flexibility index (Phi) is 2.91. The van der Waals surface area contributed by atoms with Gasteiger partial charge in [-0.25, -0.2) is 0 Å². The van der Waals surface area contributed by atoms with E-state index in [0.29, 0.717) is 12.2 Å². The van der Waals surface area contributed by atoms with Gasteiger partial charge in [-0.3, -0.25) is 15.0 Å². The molecular weight excluding hydrogens is 200 g/mol. The van der Waals surface area contributed by atoms with E-state index in [1.165, 1.54) is 0 Å². The van der Waals surface area contributed by atoms with Crippen LogP contribution in [0.5, 0.6) is 0 Å². The second-order valence-corrected chi connectivity index (χ2v) is 3.34. The molecule has 1 aromatic carbocycles. The van der Waals surface area contributed by atoms with E-state index in [-0.39, 0.29) is 0 Å². The second kappa shape index (κ2) is 4.53. The normalized spacial score (nSPS) is 10.0. The maximum Gasteiger partial charge on any atom is 0.0907 e. The van der Waals surface area contributed by atoms with Gasteiger partial charge < -0.3 is 5.32 Å². The quantitative estimate of drug-likeness (QED) is 0.791. The first-order chi connectivity index (χ1) is 7.79. The van der Waals surface area contributed by atoms with E-state index in [2.05, 4.69) is 33.6 Å². The minimum absolute atomic E-state index is 0.579. The third-order valence-corrected chi connectivity index (χ3v) is 2.19. The third kappa shape index (κ3) is 2.23. The lowest BCUT2D eigenvalue weighted by Crippen LogP contribution is -2.02. The largest absolute Gasteiger partial charge is 0.379 e. The Balaban J connectivity index is 2.19. The van der Waals surface area contributed by atoms with Crippen LogP contribution >= 0.6 is 0 Å². The zero-order valence-corrected chi connectivity index (χ0v) is 8.85. The number of benzene rings is 1. The lowest BCUT2D eigenvalue weighted by atomic mass is 10.2. The predicted molar refractivity (Wildman–Crippen MR) is 66.7 cm³/mol. The lowest BCUT2D eigenvalue weighted by Gasteiger charge is -2.06. The summed E-state index contributed by atoms with van der Waals surface area (Å²) in [5.41, 5.74) is 3.43. The molecule has 0 radical (unpaired) electrons. The van der Waals surface area contributed by atoms with Crippen LogP contribution in [0.25, 0.3) is 11.0 Å². The number of aliphatic imine (C=N–C) groups is 1. The Morgan fingerprint density at radius 3 is 2.75 bits per heavy atom. The first-order valence-corrected chi connectivity index (χ1v) is 4.89. The van der Waals surface area contributed by atoms with Crippen molar-refractivity contribution in [2.75, 3.05) is 11.9 Å². The molecular formula is C12H12N4. The van der Waals surface area contributed by atoms with E-state index in [1.54, 1.807) is 12.4 Å². The Bertz CT molecular complexity index is 533. The first-order valence-electron chi connectivity index (χ1n) is 4.89. The fourth-order valence-electron chi connectivity index (χ4n) is 1.33. The molecule has 80 valence electrons. The standard InChI is InChI=1S/C12H12N4/c1-9(13-2)8-16-10-3-4-11-12(7-10)15-6-5-14-11/h3-7,16H,1-2,8H2. The SMILES string of the molecule is C=NC(=C)CNc1ccc2nccnc2c1. The highest BCUT2D eigenvalue weighted by atomic mass is 14.9. The molecule has 0 saturated heterocycles. The smallest absolute Gasteiger partial charge is 0.0907 e. The Morgan fingerprint density at radius 2 is 2.00 bits per heavy atom. The van der Waals surface area contributed by atoms with Crippen molar-refractivity contribution < 1.29 is 0 Å². The first kappa shape index (κ1) is 10.3. The van der Waals surface area contributed by atoms with Gasteiger partial charge in [0.15, 0.2) is 0 Å². The molecule has 4 nitrogen and oxygen atoms in total. The second-order valence-electron chi connectivity index (χ2n) is 3.34. The van der Waals surface area contributed by atoms with Crippen LogP contribution in [-0.4, -0.2) is 23.2 Å². The van der Waals surface area contributed by atoms with Crippen molar-refractivity contribution in [1.29, 1.82) is 0 Å². The van der Waals surface area contributed by atoms with Crippen molar-refractivity contribution in [2.45, 2.75) is 0 Å². The number of anilines is 1. The predicted octanol–water partition coefficient (Wildman–Crippen LogP) is 2.26. The zero-order chi connectivity index (χ0) is 11.4. The molecule has 1 aromatic heterocycles. The highest BCUT2D eigenvalue weighted by Crippen LogP contribution is 2.15. The monoisotopic (exact) mass is 212 g/mol. The molecule has 0 aliphatic carbocycles.